The third kappa shape index (κ3) is 2.95. The number of nitrogens with two attached hydrogens (primary N) is 1. The van der Waals surface area contributed by atoms with Crippen molar-refractivity contribution in [3.63, 3.8) is 0 Å². The molecule has 0 saturated carbocycles. The second kappa shape index (κ2) is 5.98. The second-order valence-corrected chi connectivity index (χ2v) is 6.92. The van der Waals surface area contributed by atoms with E-state index in [0.29, 0.717) is 10.9 Å². The van der Waals surface area contributed by atoms with E-state index in [9.17, 15) is 0 Å². The summed E-state index contributed by atoms with van der Waals surface area (Å²) in [5, 5.41) is 4.80. The highest BCUT2D eigenvalue weighted by Crippen LogP contribution is 2.39. The smallest absolute Gasteiger partial charge is 0.230 e. The van der Waals surface area contributed by atoms with Gasteiger partial charge in [0.05, 0.1) is 5.56 Å². The fourth-order valence-corrected chi connectivity index (χ4v) is 3.14. The monoisotopic (exact) mass is 474 g/mol. The highest BCUT2D eigenvalue weighted by atomic mass is 127. The van der Waals surface area contributed by atoms with Gasteiger partial charge in [0, 0.05) is 18.6 Å². The van der Waals surface area contributed by atoms with Gasteiger partial charge in [-0.05, 0) is 58.5 Å². The van der Waals surface area contributed by atoms with E-state index in [1.54, 1.807) is 0 Å². The second-order valence-electron chi connectivity index (χ2n) is 4.40. The van der Waals surface area contributed by atoms with E-state index >= 15 is 0 Å². The fourth-order valence-electron chi connectivity index (χ4n) is 2.06. The number of halogens is 3. The van der Waals surface area contributed by atoms with E-state index in [2.05, 4.69) is 43.7 Å². The highest BCUT2D eigenvalue weighted by Gasteiger charge is 2.19. The number of aromatic nitrogens is 1. The van der Waals surface area contributed by atoms with E-state index < -0.39 is 0 Å². The van der Waals surface area contributed by atoms with Crippen molar-refractivity contribution < 1.29 is 4.52 Å². The Balaban J connectivity index is 2.21. The Morgan fingerprint density at radius 2 is 1.86 bits per heavy atom. The van der Waals surface area contributed by atoms with Crippen molar-refractivity contribution in [3.05, 3.63) is 55.5 Å². The molecule has 0 aliphatic carbocycles. The highest BCUT2D eigenvalue weighted by molar-refractivity contribution is 14.1. The van der Waals surface area contributed by atoms with Gasteiger partial charge in [0.25, 0.3) is 0 Å². The molecule has 3 rings (SSSR count). The van der Waals surface area contributed by atoms with Gasteiger partial charge < -0.3 is 10.3 Å². The molecular formula is C15H9BrClIN2O. The standard InChI is InChI=1S/C15H9BrClIN2O/c16-9-3-6-12(18)11(7-9)14-13(15(19)21-20-14)8-1-4-10(17)5-2-8/h1-7H,19H2. The Kier molecular flexibility index (Phi) is 4.24. The first-order valence-electron chi connectivity index (χ1n) is 6.03. The van der Waals surface area contributed by atoms with Crippen LogP contribution in [0.15, 0.2) is 51.5 Å². The molecule has 6 heteroatoms. The van der Waals surface area contributed by atoms with Gasteiger partial charge in [0.1, 0.15) is 5.69 Å². The first-order chi connectivity index (χ1) is 10.1. The minimum atomic E-state index is 0.295. The molecule has 0 fully saturated rings. The van der Waals surface area contributed by atoms with E-state index in [1.807, 2.05) is 42.5 Å². The van der Waals surface area contributed by atoms with Crippen molar-refractivity contribution in [1.29, 1.82) is 0 Å². The summed E-state index contributed by atoms with van der Waals surface area (Å²) in [5.74, 6) is 0.295. The molecular weight excluding hydrogens is 466 g/mol. The van der Waals surface area contributed by atoms with Crippen molar-refractivity contribution in [1.82, 2.24) is 5.16 Å². The van der Waals surface area contributed by atoms with Crippen LogP contribution in [-0.4, -0.2) is 5.16 Å². The third-order valence-corrected chi connectivity index (χ3v) is 4.72. The van der Waals surface area contributed by atoms with Crippen molar-refractivity contribution in [3.8, 4) is 22.4 Å². The van der Waals surface area contributed by atoms with Crippen molar-refractivity contribution in [2.24, 2.45) is 0 Å². The number of benzene rings is 2. The van der Waals surface area contributed by atoms with E-state index in [4.69, 9.17) is 21.9 Å². The predicted octanol–water partition coefficient (Wildman–Crippen LogP) is 5.61. The van der Waals surface area contributed by atoms with Gasteiger partial charge >= 0.3 is 0 Å². The van der Waals surface area contributed by atoms with Crippen LogP contribution in [0.2, 0.25) is 5.02 Å². The molecule has 3 aromatic rings. The zero-order valence-electron chi connectivity index (χ0n) is 10.6. The van der Waals surface area contributed by atoms with Crippen LogP contribution in [0.4, 0.5) is 5.88 Å². The Morgan fingerprint density at radius 1 is 1.14 bits per heavy atom. The molecule has 0 radical (unpaired) electrons. The molecule has 0 unspecified atom stereocenters. The minimum Gasteiger partial charge on any atom is -0.367 e. The molecule has 2 N–H and O–H groups in total. The largest absolute Gasteiger partial charge is 0.367 e. The number of nitrogens with zero attached hydrogens (tertiary/aromatic N) is 1. The normalized spacial score (nSPS) is 10.8. The first-order valence-corrected chi connectivity index (χ1v) is 8.28. The van der Waals surface area contributed by atoms with Crippen molar-refractivity contribution in [2.45, 2.75) is 0 Å². The lowest BCUT2D eigenvalue weighted by Crippen LogP contribution is -1.89. The molecule has 0 aliphatic heterocycles. The molecule has 1 aromatic heterocycles. The zero-order chi connectivity index (χ0) is 15.0. The van der Waals surface area contributed by atoms with Gasteiger partial charge in [-0.25, -0.2) is 0 Å². The zero-order valence-corrected chi connectivity index (χ0v) is 15.1. The van der Waals surface area contributed by atoms with Gasteiger partial charge in [-0.15, -0.1) is 0 Å². The molecule has 106 valence electrons. The summed E-state index contributed by atoms with van der Waals surface area (Å²) in [5.41, 5.74) is 9.35. The molecule has 0 bridgehead atoms. The Bertz CT molecular complexity index is 802. The SMILES string of the molecule is Nc1onc(-c2cc(Br)ccc2I)c1-c1ccc(Cl)cc1. The quantitative estimate of drug-likeness (QED) is 0.490. The van der Waals surface area contributed by atoms with Crippen molar-refractivity contribution >= 4 is 56.0 Å². The molecule has 2 aromatic carbocycles. The van der Waals surface area contributed by atoms with Gasteiger partial charge in [0.15, 0.2) is 0 Å². The number of nitrogen functional groups attached to an aromatic ring is 1. The van der Waals surface area contributed by atoms with Crippen LogP contribution in [0.3, 0.4) is 0 Å². The molecule has 0 spiro atoms. The van der Waals surface area contributed by atoms with Crippen LogP contribution in [-0.2, 0) is 0 Å². The topological polar surface area (TPSA) is 52.0 Å². The summed E-state index contributed by atoms with van der Waals surface area (Å²) < 4.78 is 7.25. The Hall–Kier alpha value is -1.05. The van der Waals surface area contributed by atoms with Gasteiger partial charge in [-0.2, -0.15) is 0 Å². The van der Waals surface area contributed by atoms with E-state index in [-0.39, 0.29) is 0 Å². The predicted molar refractivity (Wildman–Crippen MR) is 97.2 cm³/mol. The lowest BCUT2D eigenvalue weighted by atomic mass is 10.0. The summed E-state index contributed by atoms with van der Waals surface area (Å²) in [6.45, 7) is 0. The lowest BCUT2D eigenvalue weighted by molar-refractivity contribution is 0.439. The summed E-state index contributed by atoms with van der Waals surface area (Å²) in [6.07, 6.45) is 0. The summed E-state index contributed by atoms with van der Waals surface area (Å²) >= 11 is 11.7. The number of rotatable bonds is 2. The molecule has 0 atom stereocenters. The number of hydrogen-bond donors (Lipinski definition) is 1. The van der Waals surface area contributed by atoms with Crippen LogP contribution in [0.1, 0.15) is 0 Å². The molecule has 1 heterocycles. The van der Waals surface area contributed by atoms with Gasteiger partial charge in [0.2, 0.25) is 5.88 Å². The fraction of sp³-hybridized carbons (Fsp3) is 0. The van der Waals surface area contributed by atoms with Gasteiger partial charge in [-0.3, -0.25) is 0 Å². The maximum Gasteiger partial charge on any atom is 0.230 e. The summed E-state index contributed by atoms with van der Waals surface area (Å²) in [7, 11) is 0. The maximum absolute atomic E-state index is 5.96. The lowest BCUT2D eigenvalue weighted by Gasteiger charge is -2.06. The van der Waals surface area contributed by atoms with Crippen LogP contribution < -0.4 is 5.73 Å². The van der Waals surface area contributed by atoms with Crippen molar-refractivity contribution in [2.75, 3.05) is 5.73 Å². The van der Waals surface area contributed by atoms with E-state index in [1.165, 1.54) is 0 Å². The summed E-state index contributed by atoms with van der Waals surface area (Å²) in [6, 6.07) is 13.4. The Morgan fingerprint density at radius 3 is 2.57 bits per heavy atom. The van der Waals surface area contributed by atoms with Gasteiger partial charge in [-0.1, -0.05) is 44.8 Å². The van der Waals surface area contributed by atoms with Crippen LogP contribution >= 0.6 is 50.1 Å². The molecule has 21 heavy (non-hydrogen) atoms. The first kappa shape index (κ1) is 14.9. The van der Waals surface area contributed by atoms with E-state index in [0.717, 1.165) is 30.4 Å². The average molecular weight is 476 g/mol. The Labute approximate surface area is 148 Å². The van der Waals surface area contributed by atoms with Crippen LogP contribution in [0.5, 0.6) is 0 Å². The number of hydrogen-bond acceptors (Lipinski definition) is 3. The van der Waals surface area contributed by atoms with Crippen LogP contribution in [0.25, 0.3) is 22.4 Å². The third-order valence-electron chi connectivity index (χ3n) is 3.03. The molecule has 0 aliphatic rings. The average Bonchev–Trinajstić information content (AvgIpc) is 2.84. The minimum absolute atomic E-state index is 0.295. The molecule has 0 amide bonds. The number of anilines is 1. The maximum atomic E-state index is 5.96. The van der Waals surface area contributed by atoms with Crippen LogP contribution in [0, 0.1) is 3.57 Å². The molecule has 0 saturated heterocycles. The summed E-state index contributed by atoms with van der Waals surface area (Å²) in [4.78, 5) is 0. The molecule has 3 nitrogen and oxygen atoms in total.